The first-order chi connectivity index (χ1) is 11.7. The van der Waals surface area contributed by atoms with Crippen LogP contribution in [0.2, 0.25) is 0 Å². The highest BCUT2D eigenvalue weighted by molar-refractivity contribution is 5.83. The number of amides is 1. The number of morpholine rings is 1. The van der Waals surface area contributed by atoms with Crippen LogP contribution in [0.5, 0.6) is 0 Å². The zero-order valence-corrected chi connectivity index (χ0v) is 15.8. The number of hydrogen-bond acceptors (Lipinski definition) is 4. The van der Waals surface area contributed by atoms with Crippen LogP contribution in [-0.4, -0.2) is 41.3 Å². The van der Waals surface area contributed by atoms with E-state index in [1.165, 1.54) is 4.90 Å². The van der Waals surface area contributed by atoms with Gasteiger partial charge in [-0.05, 0) is 38.7 Å². The Kier molecular flexibility index (Phi) is 6.09. The molecule has 1 heterocycles. The molecule has 5 nitrogen and oxygen atoms in total. The predicted molar refractivity (Wildman–Crippen MR) is 96.2 cm³/mol. The number of esters is 1. The van der Waals surface area contributed by atoms with E-state index in [0.717, 1.165) is 12.0 Å². The topological polar surface area (TPSA) is 55.8 Å². The van der Waals surface area contributed by atoms with Gasteiger partial charge < -0.3 is 9.47 Å². The fraction of sp³-hybridized carbons (Fsp3) is 0.600. The first-order valence-corrected chi connectivity index (χ1v) is 8.89. The van der Waals surface area contributed by atoms with Crippen molar-refractivity contribution in [3.63, 3.8) is 0 Å². The summed E-state index contributed by atoms with van der Waals surface area (Å²) in [4.78, 5) is 26.8. The largest absolute Gasteiger partial charge is 0.459 e. The molecule has 0 saturated carbocycles. The molecule has 1 aliphatic rings. The lowest BCUT2D eigenvalue weighted by Crippen LogP contribution is -2.57. The van der Waals surface area contributed by atoms with Crippen molar-refractivity contribution in [2.45, 2.75) is 65.2 Å². The molecule has 1 aromatic carbocycles. The first-order valence-electron chi connectivity index (χ1n) is 8.89. The van der Waals surface area contributed by atoms with Gasteiger partial charge in [0.1, 0.15) is 17.7 Å². The number of carbonyl (C=O) groups excluding carboxylic acids is 2. The summed E-state index contributed by atoms with van der Waals surface area (Å²) in [5.41, 5.74) is 0.379. The summed E-state index contributed by atoms with van der Waals surface area (Å²) in [6.45, 7) is 9.99. The molecule has 2 atom stereocenters. The fourth-order valence-electron chi connectivity index (χ4n) is 2.96. The summed E-state index contributed by atoms with van der Waals surface area (Å²) < 4.78 is 11.1. The number of nitrogens with zero attached hydrogens (tertiary/aromatic N) is 1. The van der Waals surface area contributed by atoms with Crippen molar-refractivity contribution in [1.29, 1.82) is 0 Å². The van der Waals surface area contributed by atoms with E-state index < -0.39 is 17.7 Å². The van der Waals surface area contributed by atoms with Crippen LogP contribution in [0, 0.1) is 5.92 Å². The maximum absolute atomic E-state index is 12.7. The molecule has 0 aliphatic carbocycles. The number of rotatable bonds is 4. The lowest BCUT2D eigenvalue weighted by molar-refractivity contribution is -0.166. The van der Waals surface area contributed by atoms with E-state index in [1.54, 1.807) is 0 Å². The summed E-state index contributed by atoms with van der Waals surface area (Å²) in [7, 11) is 0. The van der Waals surface area contributed by atoms with Crippen LogP contribution in [0.25, 0.3) is 0 Å². The fourth-order valence-corrected chi connectivity index (χ4v) is 2.96. The lowest BCUT2D eigenvalue weighted by atomic mass is 9.99. The van der Waals surface area contributed by atoms with E-state index in [4.69, 9.17) is 9.47 Å². The van der Waals surface area contributed by atoms with Gasteiger partial charge in [-0.1, -0.05) is 44.2 Å². The molecule has 1 aromatic rings. The molecule has 1 amide bonds. The van der Waals surface area contributed by atoms with Crippen LogP contribution < -0.4 is 0 Å². The molecule has 0 N–H and O–H groups in total. The standard InChI is InChI=1S/C20H29NO4/c1-14(2)11-16-13-21(19(23)25-20(3,4)5)17(18(22)24-16)12-15-9-7-6-8-10-15/h6-10,14,16-17H,11-13H2,1-5H3/t16-,17-/m0/s1. The van der Waals surface area contributed by atoms with Crippen molar-refractivity contribution in [2.75, 3.05) is 6.54 Å². The van der Waals surface area contributed by atoms with E-state index in [0.29, 0.717) is 18.9 Å². The second-order valence-electron chi connectivity index (χ2n) is 8.03. The molecule has 0 radical (unpaired) electrons. The van der Waals surface area contributed by atoms with Crippen LogP contribution in [0.1, 0.15) is 46.6 Å². The summed E-state index contributed by atoms with van der Waals surface area (Å²) in [6, 6.07) is 9.00. The van der Waals surface area contributed by atoms with E-state index in [2.05, 4.69) is 13.8 Å². The monoisotopic (exact) mass is 347 g/mol. The Morgan fingerprint density at radius 3 is 2.48 bits per heavy atom. The zero-order valence-electron chi connectivity index (χ0n) is 15.8. The molecule has 1 aliphatic heterocycles. The Bertz CT molecular complexity index is 591. The van der Waals surface area contributed by atoms with Gasteiger partial charge in [0.15, 0.2) is 0 Å². The highest BCUT2D eigenvalue weighted by Gasteiger charge is 2.41. The van der Waals surface area contributed by atoms with Gasteiger partial charge >= 0.3 is 12.1 Å². The number of hydrogen-bond donors (Lipinski definition) is 0. The Morgan fingerprint density at radius 1 is 1.28 bits per heavy atom. The van der Waals surface area contributed by atoms with Crippen LogP contribution in [0.15, 0.2) is 30.3 Å². The van der Waals surface area contributed by atoms with Crippen molar-refractivity contribution in [1.82, 2.24) is 4.90 Å². The smallest absolute Gasteiger partial charge is 0.411 e. The van der Waals surface area contributed by atoms with Crippen LogP contribution >= 0.6 is 0 Å². The molecule has 1 fully saturated rings. The summed E-state index contributed by atoms with van der Waals surface area (Å²) in [6.07, 6.45) is 0.405. The number of carbonyl (C=O) groups is 2. The average Bonchev–Trinajstić information content (AvgIpc) is 2.48. The summed E-state index contributed by atoms with van der Waals surface area (Å²) in [5.74, 6) is 0.0237. The molecule has 0 bridgehead atoms. The van der Waals surface area contributed by atoms with Gasteiger partial charge in [-0.15, -0.1) is 0 Å². The number of ether oxygens (including phenoxy) is 2. The SMILES string of the molecule is CC(C)C[C@H]1CN(C(=O)OC(C)(C)C)[C@@H](Cc2ccccc2)C(=O)O1. The van der Waals surface area contributed by atoms with Gasteiger partial charge in [-0.2, -0.15) is 0 Å². The highest BCUT2D eigenvalue weighted by Crippen LogP contribution is 2.23. The van der Waals surface area contributed by atoms with Gasteiger partial charge in [-0.3, -0.25) is 4.90 Å². The van der Waals surface area contributed by atoms with Gasteiger partial charge in [0, 0.05) is 6.42 Å². The van der Waals surface area contributed by atoms with Crippen molar-refractivity contribution in [3.05, 3.63) is 35.9 Å². The Labute approximate surface area is 150 Å². The molecule has 2 rings (SSSR count). The molecular weight excluding hydrogens is 318 g/mol. The van der Waals surface area contributed by atoms with Crippen molar-refractivity contribution < 1.29 is 19.1 Å². The third kappa shape index (κ3) is 5.76. The number of cyclic esters (lactones) is 1. The molecule has 1 saturated heterocycles. The van der Waals surface area contributed by atoms with Crippen LogP contribution in [0.3, 0.4) is 0 Å². The summed E-state index contributed by atoms with van der Waals surface area (Å²) >= 11 is 0. The Morgan fingerprint density at radius 2 is 1.92 bits per heavy atom. The Balaban J connectivity index is 2.20. The van der Waals surface area contributed by atoms with E-state index in [9.17, 15) is 9.59 Å². The summed E-state index contributed by atoms with van der Waals surface area (Å²) in [5, 5.41) is 0. The van der Waals surface area contributed by atoms with Gasteiger partial charge in [-0.25, -0.2) is 9.59 Å². The first kappa shape index (κ1) is 19.3. The molecule has 0 aromatic heterocycles. The molecule has 0 unspecified atom stereocenters. The number of benzene rings is 1. The van der Waals surface area contributed by atoms with Crippen molar-refractivity contribution in [2.24, 2.45) is 5.92 Å². The van der Waals surface area contributed by atoms with Crippen molar-refractivity contribution >= 4 is 12.1 Å². The second kappa shape index (κ2) is 7.89. The normalized spacial score (nSPS) is 21.2. The molecule has 138 valence electrons. The molecule has 5 heteroatoms. The minimum absolute atomic E-state index is 0.285. The maximum atomic E-state index is 12.7. The molecule has 0 spiro atoms. The van der Waals surface area contributed by atoms with Crippen molar-refractivity contribution in [3.8, 4) is 0 Å². The molecular formula is C20H29NO4. The average molecular weight is 347 g/mol. The molecule has 25 heavy (non-hydrogen) atoms. The van der Waals surface area contributed by atoms with Gasteiger partial charge in [0.2, 0.25) is 0 Å². The minimum Gasteiger partial charge on any atom is -0.459 e. The van der Waals surface area contributed by atoms with E-state index in [1.807, 2.05) is 51.1 Å². The second-order valence-corrected chi connectivity index (χ2v) is 8.03. The third-order valence-corrected chi connectivity index (χ3v) is 3.97. The maximum Gasteiger partial charge on any atom is 0.411 e. The minimum atomic E-state index is -0.652. The van der Waals surface area contributed by atoms with Crippen LogP contribution in [-0.2, 0) is 20.7 Å². The third-order valence-electron chi connectivity index (χ3n) is 3.97. The zero-order chi connectivity index (χ0) is 18.6. The highest BCUT2D eigenvalue weighted by atomic mass is 16.6. The van der Waals surface area contributed by atoms with E-state index in [-0.39, 0.29) is 12.1 Å². The predicted octanol–water partition coefficient (Wildman–Crippen LogP) is 3.81. The van der Waals surface area contributed by atoms with Gasteiger partial charge in [0.25, 0.3) is 0 Å². The van der Waals surface area contributed by atoms with E-state index >= 15 is 0 Å². The van der Waals surface area contributed by atoms with Gasteiger partial charge in [0.05, 0.1) is 6.54 Å². The van der Waals surface area contributed by atoms with Crippen LogP contribution in [0.4, 0.5) is 4.79 Å². The lowest BCUT2D eigenvalue weighted by Gasteiger charge is -2.39. The quantitative estimate of drug-likeness (QED) is 0.777. The Hall–Kier alpha value is -2.04.